The Morgan fingerprint density at radius 2 is 1.24 bits per heavy atom. The van der Waals surface area contributed by atoms with Crippen molar-refractivity contribution in [2.45, 2.75) is 37.1 Å². The van der Waals surface area contributed by atoms with Crippen LogP contribution in [0.3, 0.4) is 0 Å². The highest BCUT2D eigenvalue weighted by Crippen LogP contribution is 2.44. The largest absolute Gasteiger partial charge is 0.496 e. The monoisotopic (exact) mass is 328 g/mol. The second kappa shape index (κ2) is 5.63. The summed E-state index contributed by atoms with van der Waals surface area (Å²) in [6, 6.07) is 0. The van der Waals surface area contributed by atoms with Crippen molar-refractivity contribution in [2.24, 2.45) is 0 Å². The van der Waals surface area contributed by atoms with Crippen LogP contribution in [0, 0.1) is 29.1 Å². The van der Waals surface area contributed by atoms with Gasteiger partial charge in [-0.1, -0.05) is 6.42 Å². The lowest BCUT2D eigenvalue weighted by Gasteiger charge is -2.32. The van der Waals surface area contributed by atoms with E-state index in [0.29, 0.717) is 0 Å². The van der Waals surface area contributed by atoms with E-state index in [2.05, 4.69) is 0 Å². The van der Waals surface area contributed by atoms with Crippen LogP contribution in [0.1, 0.15) is 37.2 Å². The summed E-state index contributed by atoms with van der Waals surface area (Å²) in [4.78, 5) is 27.8. The van der Waals surface area contributed by atoms with Crippen LogP contribution in [0.5, 0.6) is 0 Å². The molecule has 1 aliphatic carbocycles. The molecule has 3 nitrogen and oxygen atoms in total. The minimum absolute atomic E-state index is 0.138. The molecule has 2 rings (SSSR count). The minimum Gasteiger partial charge on any atom is -0.390 e. The van der Waals surface area contributed by atoms with Gasteiger partial charge in [-0.15, -0.1) is 0 Å². The van der Waals surface area contributed by atoms with Crippen molar-refractivity contribution in [3.05, 3.63) is 34.6 Å². The SMILES string of the molecule is O[Si](O)(O)C1CCCC(c2c(F)c(F)c(F)c(F)c2F)C1. The third kappa shape index (κ3) is 2.96. The Hall–Kier alpha value is -1.03. The van der Waals surface area contributed by atoms with Crippen LogP contribution in [-0.4, -0.2) is 23.2 Å². The van der Waals surface area contributed by atoms with Crippen molar-refractivity contribution in [2.75, 3.05) is 0 Å². The van der Waals surface area contributed by atoms with E-state index in [1.54, 1.807) is 0 Å². The highest BCUT2D eigenvalue weighted by atomic mass is 28.4. The molecule has 0 spiro atoms. The average molecular weight is 328 g/mol. The summed E-state index contributed by atoms with van der Waals surface area (Å²) in [6.45, 7) is 0. The Balaban J connectivity index is 2.43. The second-order valence-electron chi connectivity index (χ2n) is 5.23. The molecule has 0 heterocycles. The number of rotatable bonds is 2. The first-order valence-electron chi connectivity index (χ1n) is 6.33. The molecule has 0 aliphatic heterocycles. The summed E-state index contributed by atoms with van der Waals surface area (Å²) >= 11 is 0. The topological polar surface area (TPSA) is 60.7 Å². The molecular formula is C12H13F5O3Si. The van der Waals surface area contributed by atoms with Crippen LogP contribution in [0.25, 0.3) is 0 Å². The lowest BCUT2D eigenvalue weighted by Crippen LogP contribution is -2.42. The van der Waals surface area contributed by atoms with Crippen LogP contribution < -0.4 is 0 Å². The zero-order valence-electron chi connectivity index (χ0n) is 10.7. The van der Waals surface area contributed by atoms with Crippen LogP contribution in [-0.2, 0) is 0 Å². The molecule has 0 amide bonds. The van der Waals surface area contributed by atoms with Gasteiger partial charge < -0.3 is 14.4 Å². The molecule has 2 atom stereocenters. The Morgan fingerprint density at radius 1 is 0.762 bits per heavy atom. The Kier molecular flexibility index (Phi) is 4.38. The Bertz CT molecular complexity index is 532. The number of halogens is 5. The van der Waals surface area contributed by atoms with E-state index in [1.807, 2.05) is 0 Å². The van der Waals surface area contributed by atoms with E-state index in [-0.39, 0.29) is 25.7 Å². The molecular weight excluding hydrogens is 315 g/mol. The predicted octanol–water partition coefficient (Wildman–Crippen LogP) is 2.33. The van der Waals surface area contributed by atoms with Crippen molar-refractivity contribution < 1.29 is 36.3 Å². The van der Waals surface area contributed by atoms with Crippen molar-refractivity contribution in [1.29, 1.82) is 0 Å². The lowest BCUT2D eigenvalue weighted by atomic mass is 9.83. The fourth-order valence-corrected chi connectivity index (χ4v) is 3.98. The predicted molar refractivity (Wildman–Crippen MR) is 63.6 cm³/mol. The normalized spacial score (nSPS) is 23.4. The summed E-state index contributed by atoms with van der Waals surface area (Å²) in [7, 11) is -4.51. The van der Waals surface area contributed by atoms with E-state index in [4.69, 9.17) is 0 Å². The first-order chi connectivity index (χ1) is 9.64. The van der Waals surface area contributed by atoms with Gasteiger partial charge >= 0.3 is 8.80 Å². The molecule has 2 unspecified atom stereocenters. The molecule has 0 aromatic heterocycles. The molecule has 1 fully saturated rings. The van der Waals surface area contributed by atoms with E-state index >= 15 is 0 Å². The summed E-state index contributed by atoms with van der Waals surface area (Å²) in [6.07, 6.45) is 0.403. The molecule has 9 heteroatoms. The van der Waals surface area contributed by atoms with E-state index in [0.717, 1.165) is 0 Å². The maximum atomic E-state index is 13.7. The van der Waals surface area contributed by atoms with Crippen molar-refractivity contribution in [3.63, 3.8) is 0 Å². The highest BCUT2D eigenvalue weighted by Gasteiger charge is 2.43. The van der Waals surface area contributed by atoms with Crippen LogP contribution in [0.15, 0.2) is 0 Å². The van der Waals surface area contributed by atoms with Gasteiger partial charge in [0.25, 0.3) is 0 Å². The standard InChI is InChI=1S/C12H13F5O3Si/c13-8-7(9(14)11(16)12(17)10(8)15)5-2-1-3-6(4-5)21(18,19)20/h5-6,18-20H,1-4H2. The zero-order chi connectivity index (χ0) is 15.9. The van der Waals surface area contributed by atoms with Gasteiger partial charge in [-0.3, -0.25) is 0 Å². The Morgan fingerprint density at radius 3 is 1.71 bits per heavy atom. The third-order valence-electron chi connectivity index (χ3n) is 3.87. The van der Waals surface area contributed by atoms with Gasteiger partial charge in [0, 0.05) is 11.1 Å². The van der Waals surface area contributed by atoms with Crippen LogP contribution in [0.2, 0.25) is 5.54 Å². The Labute approximate surface area is 118 Å². The van der Waals surface area contributed by atoms with Gasteiger partial charge in [0.15, 0.2) is 23.3 Å². The number of benzene rings is 1. The quantitative estimate of drug-likeness (QED) is 0.338. The van der Waals surface area contributed by atoms with Crippen molar-refractivity contribution in [1.82, 2.24) is 0 Å². The molecule has 1 aliphatic rings. The van der Waals surface area contributed by atoms with Crippen LogP contribution >= 0.6 is 0 Å². The van der Waals surface area contributed by atoms with Gasteiger partial charge in [-0.05, 0) is 25.2 Å². The van der Waals surface area contributed by atoms with Crippen molar-refractivity contribution >= 4 is 8.80 Å². The van der Waals surface area contributed by atoms with Gasteiger partial charge in [-0.25, -0.2) is 22.0 Å². The second-order valence-corrected chi connectivity index (χ2v) is 7.42. The van der Waals surface area contributed by atoms with E-state index in [9.17, 15) is 36.3 Å². The van der Waals surface area contributed by atoms with Gasteiger partial charge in [0.1, 0.15) is 0 Å². The summed E-state index contributed by atoms with van der Waals surface area (Å²) in [5, 5.41) is 0. The van der Waals surface area contributed by atoms with Crippen molar-refractivity contribution in [3.8, 4) is 0 Å². The van der Waals surface area contributed by atoms with Crippen LogP contribution in [0.4, 0.5) is 22.0 Å². The average Bonchev–Trinajstić information content (AvgIpc) is 2.43. The molecule has 1 saturated carbocycles. The summed E-state index contributed by atoms with van der Waals surface area (Å²) < 4.78 is 66.8. The van der Waals surface area contributed by atoms with Gasteiger partial charge in [-0.2, -0.15) is 0 Å². The maximum absolute atomic E-state index is 13.7. The fraction of sp³-hybridized carbons (Fsp3) is 0.500. The molecule has 0 radical (unpaired) electrons. The lowest BCUT2D eigenvalue weighted by molar-refractivity contribution is 0.191. The van der Waals surface area contributed by atoms with Gasteiger partial charge in [0.2, 0.25) is 5.82 Å². The summed E-state index contributed by atoms with van der Waals surface area (Å²) in [5.41, 5.74) is -1.94. The first kappa shape index (κ1) is 16.3. The molecule has 1 aromatic carbocycles. The zero-order valence-corrected chi connectivity index (χ0v) is 11.7. The van der Waals surface area contributed by atoms with E-state index in [1.165, 1.54) is 0 Å². The molecule has 3 N–H and O–H groups in total. The minimum atomic E-state index is -4.51. The fourth-order valence-electron chi connectivity index (χ4n) is 2.78. The molecule has 0 bridgehead atoms. The third-order valence-corrected chi connectivity index (χ3v) is 5.49. The van der Waals surface area contributed by atoms with Gasteiger partial charge in [0.05, 0.1) is 0 Å². The smallest absolute Gasteiger partial charge is 0.390 e. The number of hydrogen-bond donors (Lipinski definition) is 3. The maximum Gasteiger partial charge on any atom is 0.496 e. The highest BCUT2D eigenvalue weighted by molar-refractivity contribution is 6.58. The molecule has 118 valence electrons. The van der Waals surface area contributed by atoms with E-state index < -0.39 is 54.9 Å². The molecule has 1 aromatic rings. The first-order valence-corrected chi connectivity index (χ1v) is 8.25. The number of hydrogen-bond acceptors (Lipinski definition) is 3. The summed E-state index contributed by atoms with van der Waals surface area (Å²) in [5.74, 6) is -11.1. The molecule has 0 saturated heterocycles. The molecule has 21 heavy (non-hydrogen) atoms.